The predicted molar refractivity (Wildman–Crippen MR) is 56.8 cm³/mol. The summed E-state index contributed by atoms with van der Waals surface area (Å²) in [5.41, 5.74) is 1.30. The minimum atomic E-state index is -0.591. The van der Waals surface area contributed by atoms with Crippen LogP contribution >= 0.6 is 0 Å². The van der Waals surface area contributed by atoms with Crippen LogP contribution in [0.1, 0.15) is 51.4 Å². The third kappa shape index (κ3) is 2.73. The standard InChI is InChI=1S/C12H20FN/c13-10-6-8-12(9-7-10)14-11-4-2-1-3-5-11/h8,10-11,14H,1-7,9H2. The summed E-state index contributed by atoms with van der Waals surface area (Å²) in [5, 5.41) is 3.57. The van der Waals surface area contributed by atoms with Crippen LogP contribution in [0.5, 0.6) is 0 Å². The third-order valence-electron chi connectivity index (χ3n) is 3.34. The van der Waals surface area contributed by atoms with Crippen LogP contribution in [0.4, 0.5) is 4.39 Å². The fraction of sp³-hybridized carbons (Fsp3) is 0.833. The van der Waals surface area contributed by atoms with Crippen LogP contribution in [0, 0.1) is 0 Å². The summed E-state index contributed by atoms with van der Waals surface area (Å²) in [4.78, 5) is 0. The van der Waals surface area contributed by atoms with Gasteiger partial charge in [-0.05, 0) is 32.1 Å². The molecule has 0 saturated heterocycles. The van der Waals surface area contributed by atoms with Crippen LogP contribution in [0.2, 0.25) is 0 Å². The van der Waals surface area contributed by atoms with Gasteiger partial charge in [0.25, 0.3) is 0 Å². The summed E-state index contributed by atoms with van der Waals surface area (Å²) in [6.07, 6.45) is 10.4. The van der Waals surface area contributed by atoms with Crippen molar-refractivity contribution in [1.29, 1.82) is 0 Å². The van der Waals surface area contributed by atoms with Gasteiger partial charge in [0.2, 0.25) is 0 Å². The van der Waals surface area contributed by atoms with Crippen molar-refractivity contribution >= 4 is 0 Å². The summed E-state index contributed by atoms with van der Waals surface area (Å²) < 4.78 is 12.9. The molecule has 14 heavy (non-hydrogen) atoms. The zero-order valence-electron chi connectivity index (χ0n) is 8.77. The van der Waals surface area contributed by atoms with E-state index in [0.29, 0.717) is 18.9 Å². The lowest BCUT2D eigenvalue weighted by molar-refractivity contribution is 0.298. The summed E-state index contributed by atoms with van der Waals surface area (Å²) in [7, 11) is 0. The highest BCUT2D eigenvalue weighted by molar-refractivity contribution is 5.06. The molecule has 1 atom stereocenters. The Morgan fingerprint density at radius 1 is 1.14 bits per heavy atom. The van der Waals surface area contributed by atoms with E-state index >= 15 is 0 Å². The van der Waals surface area contributed by atoms with Crippen molar-refractivity contribution in [3.05, 3.63) is 11.8 Å². The van der Waals surface area contributed by atoms with E-state index in [9.17, 15) is 4.39 Å². The fourth-order valence-electron chi connectivity index (χ4n) is 2.44. The average molecular weight is 197 g/mol. The van der Waals surface area contributed by atoms with Crippen LogP contribution in [-0.2, 0) is 0 Å². The first-order valence-corrected chi connectivity index (χ1v) is 5.94. The summed E-state index contributed by atoms with van der Waals surface area (Å²) in [6.45, 7) is 0. The van der Waals surface area contributed by atoms with Gasteiger partial charge in [0, 0.05) is 11.7 Å². The molecular weight excluding hydrogens is 177 g/mol. The van der Waals surface area contributed by atoms with Gasteiger partial charge in [0.15, 0.2) is 0 Å². The molecule has 80 valence electrons. The quantitative estimate of drug-likeness (QED) is 0.716. The van der Waals surface area contributed by atoms with Crippen LogP contribution in [0.25, 0.3) is 0 Å². The van der Waals surface area contributed by atoms with Gasteiger partial charge in [-0.15, -0.1) is 0 Å². The molecular formula is C12H20FN. The maximum Gasteiger partial charge on any atom is 0.104 e. The molecule has 0 aliphatic heterocycles. The number of hydrogen-bond acceptors (Lipinski definition) is 1. The lowest BCUT2D eigenvalue weighted by Gasteiger charge is -2.27. The molecule has 1 fully saturated rings. The number of hydrogen-bond donors (Lipinski definition) is 1. The molecule has 2 rings (SSSR count). The van der Waals surface area contributed by atoms with Crippen LogP contribution in [-0.4, -0.2) is 12.2 Å². The number of allylic oxidation sites excluding steroid dienone is 2. The Morgan fingerprint density at radius 3 is 2.57 bits per heavy atom. The second kappa shape index (κ2) is 4.81. The number of alkyl halides is 1. The van der Waals surface area contributed by atoms with Crippen molar-refractivity contribution in [2.45, 2.75) is 63.6 Å². The molecule has 0 bridgehead atoms. The van der Waals surface area contributed by atoms with Gasteiger partial charge in [-0.3, -0.25) is 0 Å². The second-order valence-electron chi connectivity index (χ2n) is 4.58. The van der Waals surface area contributed by atoms with Crippen molar-refractivity contribution in [2.75, 3.05) is 0 Å². The molecule has 0 heterocycles. The predicted octanol–water partition coefficient (Wildman–Crippen LogP) is 3.31. The summed E-state index contributed by atoms with van der Waals surface area (Å²) in [6, 6.07) is 0.672. The van der Waals surface area contributed by atoms with Gasteiger partial charge in [-0.25, -0.2) is 4.39 Å². The Bertz CT molecular complexity index is 206. The molecule has 0 radical (unpaired) electrons. The van der Waals surface area contributed by atoms with E-state index in [1.165, 1.54) is 37.8 Å². The number of halogens is 1. The van der Waals surface area contributed by atoms with Gasteiger partial charge in [-0.2, -0.15) is 0 Å². The second-order valence-corrected chi connectivity index (χ2v) is 4.58. The Kier molecular flexibility index (Phi) is 3.44. The molecule has 2 aliphatic carbocycles. The van der Waals surface area contributed by atoms with E-state index in [1.54, 1.807) is 0 Å². The minimum Gasteiger partial charge on any atom is -0.386 e. The molecule has 2 heteroatoms. The van der Waals surface area contributed by atoms with Crippen LogP contribution in [0.3, 0.4) is 0 Å². The van der Waals surface area contributed by atoms with E-state index in [4.69, 9.17) is 0 Å². The summed E-state index contributed by atoms with van der Waals surface area (Å²) >= 11 is 0. The first kappa shape index (κ1) is 10.0. The van der Waals surface area contributed by atoms with Gasteiger partial charge in [0.05, 0.1) is 0 Å². The molecule has 0 amide bonds. The Hall–Kier alpha value is -0.530. The number of nitrogens with one attached hydrogen (secondary N) is 1. The molecule has 0 spiro atoms. The zero-order chi connectivity index (χ0) is 9.80. The normalized spacial score (nSPS) is 29.8. The third-order valence-corrected chi connectivity index (χ3v) is 3.34. The van der Waals surface area contributed by atoms with Crippen molar-refractivity contribution in [1.82, 2.24) is 5.32 Å². The van der Waals surface area contributed by atoms with Crippen LogP contribution < -0.4 is 5.32 Å². The van der Waals surface area contributed by atoms with Gasteiger partial charge < -0.3 is 5.32 Å². The first-order valence-electron chi connectivity index (χ1n) is 5.94. The Morgan fingerprint density at radius 2 is 1.93 bits per heavy atom. The average Bonchev–Trinajstić information content (AvgIpc) is 2.23. The SMILES string of the molecule is FC1CC=C(NC2CCCCC2)CC1. The smallest absolute Gasteiger partial charge is 0.104 e. The zero-order valence-corrected chi connectivity index (χ0v) is 8.77. The lowest BCUT2D eigenvalue weighted by Crippen LogP contribution is -2.31. The first-order chi connectivity index (χ1) is 6.84. The molecule has 0 aromatic rings. The fourth-order valence-corrected chi connectivity index (χ4v) is 2.44. The van der Waals surface area contributed by atoms with Gasteiger partial charge >= 0.3 is 0 Å². The number of rotatable bonds is 2. The maximum absolute atomic E-state index is 12.9. The van der Waals surface area contributed by atoms with Crippen LogP contribution in [0.15, 0.2) is 11.8 Å². The van der Waals surface area contributed by atoms with Crippen molar-refractivity contribution in [2.24, 2.45) is 0 Å². The van der Waals surface area contributed by atoms with Crippen molar-refractivity contribution < 1.29 is 4.39 Å². The lowest BCUT2D eigenvalue weighted by atomic mass is 9.94. The van der Waals surface area contributed by atoms with E-state index in [1.807, 2.05) is 0 Å². The highest BCUT2D eigenvalue weighted by atomic mass is 19.1. The minimum absolute atomic E-state index is 0.591. The Balaban J connectivity index is 1.78. The van der Waals surface area contributed by atoms with Crippen molar-refractivity contribution in [3.8, 4) is 0 Å². The molecule has 1 N–H and O–H groups in total. The van der Waals surface area contributed by atoms with Crippen molar-refractivity contribution in [3.63, 3.8) is 0 Å². The van der Waals surface area contributed by atoms with Gasteiger partial charge in [0.1, 0.15) is 6.17 Å². The largest absolute Gasteiger partial charge is 0.386 e. The molecule has 1 saturated carbocycles. The highest BCUT2D eigenvalue weighted by Crippen LogP contribution is 2.23. The Labute approximate surface area is 85.8 Å². The summed E-state index contributed by atoms with van der Waals surface area (Å²) in [5.74, 6) is 0. The van der Waals surface area contributed by atoms with E-state index < -0.39 is 6.17 Å². The van der Waals surface area contributed by atoms with Gasteiger partial charge in [-0.1, -0.05) is 25.3 Å². The van der Waals surface area contributed by atoms with E-state index in [2.05, 4.69) is 11.4 Å². The highest BCUT2D eigenvalue weighted by Gasteiger charge is 2.17. The molecule has 0 aromatic heterocycles. The van der Waals surface area contributed by atoms with E-state index in [0.717, 1.165) is 6.42 Å². The van der Waals surface area contributed by atoms with E-state index in [-0.39, 0.29) is 0 Å². The molecule has 1 unspecified atom stereocenters. The molecule has 1 nitrogen and oxygen atoms in total. The molecule has 0 aromatic carbocycles. The molecule has 2 aliphatic rings. The topological polar surface area (TPSA) is 12.0 Å². The monoisotopic (exact) mass is 197 g/mol. The maximum atomic E-state index is 12.9.